The monoisotopic (exact) mass is 348 g/mol. The quantitative estimate of drug-likeness (QED) is 0.367. The van der Waals surface area contributed by atoms with E-state index in [0.29, 0.717) is 0 Å². The normalized spacial score (nSPS) is 10.7. The van der Waals surface area contributed by atoms with Gasteiger partial charge in [-0.25, -0.2) is 0 Å². The Kier molecular flexibility index (Phi) is 6.85. The second kappa shape index (κ2) is 10.00. The lowest BCUT2D eigenvalue weighted by Crippen LogP contribution is -1.94. The highest BCUT2D eigenvalue weighted by atomic mass is 14.1. The standard InChI is InChI=1S/C27H24/c1-23(22-26-16-9-4-10-17-26)27(21-20-25-14-7-3-8-15-25)19-11-18-24-12-5-2-6-13-24/h2-10,12-17,21H,1,18,20,22H2/b27-21-. The third kappa shape index (κ3) is 6.17. The lowest BCUT2D eigenvalue weighted by Gasteiger charge is -2.06. The molecule has 0 spiro atoms. The van der Waals surface area contributed by atoms with Crippen molar-refractivity contribution in [2.75, 3.05) is 0 Å². The fourth-order valence-corrected chi connectivity index (χ4v) is 2.89. The van der Waals surface area contributed by atoms with Crippen LogP contribution in [-0.4, -0.2) is 0 Å². The van der Waals surface area contributed by atoms with Crippen LogP contribution in [0.2, 0.25) is 0 Å². The topological polar surface area (TPSA) is 0 Å². The molecule has 132 valence electrons. The zero-order chi connectivity index (χ0) is 18.7. The Morgan fingerprint density at radius 3 is 1.81 bits per heavy atom. The summed E-state index contributed by atoms with van der Waals surface area (Å²) >= 11 is 0. The zero-order valence-corrected chi connectivity index (χ0v) is 15.6. The van der Waals surface area contributed by atoms with E-state index in [2.05, 4.69) is 97.3 Å². The molecule has 0 bridgehead atoms. The van der Waals surface area contributed by atoms with Crippen LogP contribution in [0.5, 0.6) is 0 Å². The van der Waals surface area contributed by atoms with Crippen LogP contribution in [0.1, 0.15) is 16.7 Å². The predicted molar refractivity (Wildman–Crippen MR) is 115 cm³/mol. The van der Waals surface area contributed by atoms with E-state index in [1.807, 2.05) is 18.2 Å². The van der Waals surface area contributed by atoms with Crippen molar-refractivity contribution in [1.82, 2.24) is 0 Å². The zero-order valence-electron chi connectivity index (χ0n) is 15.6. The molecule has 3 aromatic carbocycles. The maximum absolute atomic E-state index is 4.32. The van der Waals surface area contributed by atoms with Crippen molar-refractivity contribution in [2.45, 2.75) is 19.3 Å². The smallest absolute Gasteiger partial charge is 0.0344 e. The summed E-state index contributed by atoms with van der Waals surface area (Å²) in [7, 11) is 0. The molecule has 0 aromatic heterocycles. The van der Waals surface area contributed by atoms with Crippen molar-refractivity contribution in [3.63, 3.8) is 0 Å². The third-order valence-corrected chi connectivity index (χ3v) is 4.38. The Morgan fingerprint density at radius 2 is 1.22 bits per heavy atom. The molecule has 27 heavy (non-hydrogen) atoms. The van der Waals surface area contributed by atoms with Crippen molar-refractivity contribution < 1.29 is 0 Å². The van der Waals surface area contributed by atoms with Crippen molar-refractivity contribution in [1.29, 1.82) is 0 Å². The first-order chi connectivity index (χ1) is 13.3. The lowest BCUT2D eigenvalue weighted by molar-refractivity contribution is 1.16. The van der Waals surface area contributed by atoms with Crippen LogP contribution >= 0.6 is 0 Å². The molecule has 3 rings (SSSR count). The SMILES string of the molecule is C=C(Cc1ccccc1)/C(C#CCc1ccccc1)=C\Cc1ccccc1. The minimum Gasteiger partial charge on any atom is -0.0943 e. The summed E-state index contributed by atoms with van der Waals surface area (Å²) in [4.78, 5) is 0. The summed E-state index contributed by atoms with van der Waals surface area (Å²) in [6.07, 6.45) is 4.65. The highest BCUT2D eigenvalue weighted by Gasteiger charge is 2.02. The van der Waals surface area contributed by atoms with E-state index in [1.54, 1.807) is 0 Å². The number of allylic oxidation sites excluding steroid dienone is 3. The van der Waals surface area contributed by atoms with E-state index in [0.717, 1.165) is 30.4 Å². The van der Waals surface area contributed by atoms with Gasteiger partial charge in [-0.2, -0.15) is 0 Å². The molecule has 0 saturated heterocycles. The van der Waals surface area contributed by atoms with Gasteiger partial charge in [-0.15, -0.1) is 0 Å². The number of hydrogen-bond donors (Lipinski definition) is 0. The molecule has 0 heteroatoms. The van der Waals surface area contributed by atoms with Gasteiger partial charge in [-0.1, -0.05) is 115 Å². The van der Waals surface area contributed by atoms with Gasteiger partial charge in [0.2, 0.25) is 0 Å². The van der Waals surface area contributed by atoms with Gasteiger partial charge in [0.1, 0.15) is 0 Å². The molecule has 0 aliphatic rings. The Hall–Kier alpha value is -3.30. The van der Waals surface area contributed by atoms with Crippen LogP contribution in [-0.2, 0) is 19.3 Å². The number of rotatable bonds is 6. The summed E-state index contributed by atoms with van der Waals surface area (Å²) in [6.45, 7) is 4.32. The minimum absolute atomic E-state index is 0.752. The Morgan fingerprint density at radius 1 is 0.704 bits per heavy atom. The largest absolute Gasteiger partial charge is 0.0943 e. The van der Waals surface area contributed by atoms with Crippen LogP contribution in [0, 0.1) is 11.8 Å². The number of hydrogen-bond acceptors (Lipinski definition) is 0. The minimum atomic E-state index is 0.752. The van der Waals surface area contributed by atoms with Gasteiger partial charge in [-0.3, -0.25) is 0 Å². The first-order valence-electron chi connectivity index (χ1n) is 9.30. The fourth-order valence-electron chi connectivity index (χ4n) is 2.89. The van der Waals surface area contributed by atoms with Gasteiger partial charge in [0, 0.05) is 12.0 Å². The molecule has 0 aliphatic carbocycles. The first-order valence-corrected chi connectivity index (χ1v) is 9.30. The maximum atomic E-state index is 4.32. The Balaban J connectivity index is 1.76. The average Bonchev–Trinajstić information content (AvgIpc) is 2.72. The van der Waals surface area contributed by atoms with Gasteiger partial charge < -0.3 is 0 Å². The van der Waals surface area contributed by atoms with Gasteiger partial charge in [0.15, 0.2) is 0 Å². The van der Waals surface area contributed by atoms with Gasteiger partial charge in [0.05, 0.1) is 0 Å². The summed E-state index contributed by atoms with van der Waals surface area (Å²) in [5.41, 5.74) is 5.89. The van der Waals surface area contributed by atoms with Crippen molar-refractivity contribution in [3.05, 3.63) is 131 Å². The van der Waals surface area contributed by atoms with Crippen LogP contribution in [0.3, 0.4) is 0 Å². The first kappa shape index (κ1) is 18.5. The van der Waals surface area contributed by atoms with Crippen LogP contribution in [0.4, 0.5) is 0 Å². The highest BCUT2D eigenvalue weighted by molar-refractivity contribution is 5.47. The molecule has 0 N–H and O–H groups in total. The van der Waals surface area contributed by atoms with Crippen LogP contribution in [0.25, 0.3) is 0 Å². The number of benzene rings is 3. The average molecular weight is 348 g/mol. The fraction of sp³-hybridized carbons (Fsp3) is 0.111. The molecule has 0 atom stereocenters. The summed E-state index contributed by atoms with van der Waals surface area (Å²) in [5, 5.41) is 0. The van der Waals surface area contributed by atoms with E-state index >= 15 is 0 Å². The van der Waals surface area contributed by atoms with Crippen molar-refractivity contribution in [2.24, 2.45) is 0 Å². The molecule has 0 aliphatic heterocycles. The second-order valence-corrected chi connectivity index (χ2v) is 6.54. The summed E-state index contributed by atoms with van der Waals surface area (Å²) < 4.78 is 0. The molecule has 0 amide bonds. The molecule has 0 nitrogen and oxygen atoms in total. The molecule has 0 heterocycles. The van der Waals surface area contributed by atoms with E-state index in [4.69, 9.17) is 0 Å². The molecular weight excluding hydrogens is 324 g/mol. The molecule has 0 radical (unpaired) electrons. The maximum Gasteiger partial charge on any atom is 0.0344 e. The van der Waals surface area contributed by atoms with Gasteiger partial charge >= 0.3 is 0 Å². The summed E-state index contributed by atoms with van der Waals surface area (Å²) in [5.74, 6) is 6.70. The van der Waals surface area contributed by atoms with E-state index in [9.17, 15) is 0 Å². The summed E-state index contributed by atoms with van der Waals surface area (Å²) in [6, 6.07) is 31.3. The van der Waals surface area contributed by atoms with E-state index in [-0.39, 0.29) is 0 Å². The van der Waals surface area contributed by atoms with Crippen LogP contribution in [0.15, 0.2) is 115 Å². The predicted octanol–water partition coefficient (Wildman–Crippen LogP) is 6.20. The van der Waals surface area contributed by atoms with Gasteiger partial charge in [-0.05, 0) is 35.1 Å². The van der Waals surface area contributed by atoms with Crippen LogP contribution < -0.4 is 0 Å². The van der Waals surface area contributed by atoms with Gasteiger partial charge in [0.25, 0.3) is 0 Å². The lowest BCUT2D eigenvalue weighted by atomic mass is 9.97. The van der Waals surface area contributed by atoms with E-state index in [1.165, 1.54) is 16.7 Å². The Bertz CT molecular complexity index is 936. The molecular formula is C27H24. The van der Waals surface area contributed by atoms with E-state index < -0.39 is 0 Å². The highest BCUT2D eigenvalue weighted by Crippen LogP contribution is 2.16. The molecule has 0 fully saturated rings. The molecule has 3 aromatic rings. The molecule has 0 unspecified atom stereocenters. The second-order valence-electron chi connectivity index (χ2n) is 6.54. The van der Waals surface area contributed by atoms with Crippen molar-refractivity contribution in [3.8, 4) is 11.8 Å². The third-order valence-electron chi connectivity index (χ3n) is 4.38. The van der Waals surface area contributed by atoms with Crippen molar-refractivity contribution >= 4 is 0 Å². The molecule has 0 saturated carbocycles. The Labute approximate surface area is 162 Å².